The number of aryl methyl sites for hydroxylation is 1. The molecular weight excluding hydrogens is 488 g/mol. The van der Waals surface area contributed by atoms with Crippen molar-refractivity contribution >= 4 is 23.2 Å². The second-order valence-electron chi connectivity index (χ2n) is 8.87. The number of halogens is 1. The van der Waals surface area contributed by atoms with Gasteiger partial charge in [0.15, 0.2) is 0 Å². The van der Waals surface area contributed by atoms with Crippen LogP contribution in [0.3, 0.4) is 0 Å². The summed E-state index contributed by atoms with van der Waals surface area (Å²) in [5, 5.41) is 11.2. The molecule has 0 N–H and O–H groups in total. The van der Waals surface area contributed by atoms with Gasteiger partial charge in [-0.05, 0) is 60.5 Å². The van der Waals surface area contributed by atoms with E-state index < -0.39 is 0 Å². The van der Waals surface area contributed by atoms with Gasteiger partial charge in [-0.15, -0.1) is 0 Å². The quantitative estimate of drug-likeness (QED) is 0.353. The van der Waals surface area contributed by atoms with Crippen LogP contribution in [0.2, 0.25) is 5.02 Å². The van der Waals surface area contributed by atoms with Gasteiger partial charge in [-0.1, -0.05) is 53.6 Å². The van der Waals surface area contributed by atoms with Crippen LogP contribution in [0.5, 0.6) is 5.75 Å². The first-order valence-electron chi connectivity index (χ1n) is 11.9. The number of nitrogens with zero attached hydrogens (tertiary/aromatic N) is 4. The van der Waals surface area contributed by atoms with Gasteiger partial charge in [0, 0.05) is 23.1 Å². The summed E-state index contributed by atoms with van der Waals surface area (Å²) in [5.41, 5.74) is 4.81. The average Bonchev–Trinajstić information content (AvgIpc) is 3.37. The highest BCUT2D eigenvalue weighted by atomic mass is 35.5. The average molecular weight is 513 g/mol. The zero-order chi connectivity index (χ0) is 25.9. The first kappa shape index (κ1) is 24.5. The Morgan fingerprint density at radius 1 is 0.946 bits per heavy atom. The Bertz CT molecular complexity index is 1510. The van der Waals surface area contributed by atoms with Crippen molar-refractivity contribution in [1.29, 1.82) is 0 Å². The molecule has 1 unspecified atom stereocenters. The molecular formula is C29H25ClN4O3. The van der Waals surface area contributed by atoms with Crippen LogP contribution in [0.1, 0.15) is 29.2 Å². The van der Waals surface area contributed by atoms with Crippen molar-refractivity contribution in [2.45, 2.75) is 25.9 Å². The normalized spacial score (nSPS) is 14.9. The number of ether oxygens (including phenoxy) is 1. The SMILES string of the molecule is COc1ccc(C2=NN(C(=O)Cn3nc(-c4ccc(Cl)cc4)ccc3=O)C(c3ccc(C)cc3)C2)cc1. The smallest absolute Gasteiger partial charge is 0.267 e. The van der Waals surface area contributed by atoms with E-state index in [-0.39, 0.29) is 24.1 Å². The number of rotatable bonds is 6. The third kappa shape index (κ3) is 5.32. The Kier molecular flexibility index (Phi) is 6.88. The molecule has 0 aliphatic carbocycles. The Labute approximate surface area is 219 Å². The molecule has 0 radical (unpaired) electrons. The highest BCUT2D eigenvalue weighted by Crippen LogP contribution is 2.33. The predicted octanol–water partition coefficient (Wildman–Crippen LogP) is 5.26. The number of amides is 1. The summed E-state index contributed by atoms with van der Waals surface area (Å²) in [4.78, 5) is 26.2. The molecule has 1 aliphatic rings. The maximum Gasteiger partial charge on any atom is 0.267 e. The van der Waals surface area contributed by atoms with E-state index in [1.165, 1.54) is 15.8 Å². The highest BCUT2D eigenvalue weighted by molar-refractivity contribution is 6.30. The molecule has 1 aromatic heterocycles. The van der Waals surface area contributed by atoms with Crippen molar-refractivity contribution in [2.75, 3.05) is 7.11 Å². The van der Waals surface area contributed by atoms with E-state index in [2.05, 4.69) is 5.10 Å². The van der Waals surface area contributed by atoms with E-state index >= 15 is 0 Å². The van der Waals surface area contributed by atoms with E-state index in [0.29, 0.717) is 17.1 Å². The summed E-state index contributed by atoms with van der Waals surface area (Å²) in [6.45, 7) is 1.79. The maximum atomic E-state index is 13.6. The van der Waals surface area contributed by atoms with Gasteiger partial charge in [-0.25, -0.2) is 9.69 Å². The highest BCUT2D eigenvalue weighted by Gasteiger charge is 2.33. The van der Waals surface area contributed by atoms with E-state index in [0.717, 1.165) is 33.7 Å². The lowest BCUT2D eigenvalue weighted by molar-refractivity contribution is -0.133. The minimum atomic E-state index is -0.364. The standard InChI is InChI=1S/C29H25ClN4O3/c1-19-3-5-22(6-4-19)27-17-26(21-9-13-24(37-2)14-10-21)32-34(27)29(36)18-33-28(35)16-15-25(31-33)20-7-11-23(30)12-8-20/h3-16,27H,17-18H2,1-2H3. The predicted molar refractivity (Wildman–Crippen MR) is 144 cm³/mol. The number of hydrogen-bond donors (Lipinski definition) is 0. The van der Waals surface area contributed by atoms with Gasteiger partial charge in [0.25, 0.3) is 11.5 Å². The van der Waals surface area contributed by atoms with Crippen molar-refractivity contribution in [3.63, 3.8) is 0 Å². The van der Waals surface area contributed by atoms with Crippen molar-refractivity contribution in [2.24, 2.45) is 5.10 Å². The number of methoxy groups -OCH3 is 1. The molecule has 186 valence electrons. The second-order valence-corrected chi connectivity index (χ2v) is 9.30. The molecule has 1 atom stereocenters. The maximum absolute atomic E-state index is 13.6. The van der Waals surface area contributed by atoms with Gasteiger partial charge in [0.2, 0.25) is 0 Å². The lowest BCUT2D eigenvalue weighted by atomic mass is 9.97. The molecule has 3 aromatic carbocycles. The molecule has 2 heterocycles. The molecule has 37 heavy (non-hydrogen) atoms. The van der Waals surface area contributed by atoms with Gasteiger partial charge < -0.3 is 4.74 Å². The molecule has 5 rings (SSSR count). The Balaban J connectivity index is 1.46. The molecule has 0 saturated heterocycles. The topological polar surface area (TPSA) is 76.8 Å². The van der Waals surface area contributed by atoms with Crippen molar-refractivity contribution in [3.05, 3.63) is 117 Å². The molecule has 0 fully saturated rings. The monoisotopic (exact) mass is 512 g/mol. The molecule has 4 aromatic rings. The Hall–Kier alpha value is -4.23. The summed E-state index contributed by atoms with van der Waals surface area (Å²) < 4.78 is 6.45. The zero-order valence-corrected chi connectivity index (χ0v) is 21.2. The molecule has 7 nitrogen and oxygen atoms in total. The summed E-state index contributed by atoms with van der Waals surface area (Å²) in [6, 6.07) is 25.6. The van der Waals surface area contributed by atoms with Gasteiger partial charge in [0.05, 0.1) is 24.6 Å². The fourth-order valence-electron chi connectivity index (χ4n) is 4.28. The van der Waals surface area contributed by atoms with Gasteiger partial charge in [-0.2, -0.15) is 10.2 Å². The summed E-state index contributed by atoms with van der Waals surface area (Å²) in [5.74, 6) is 0.424. The van der Waals surface area contributed by atoms with Crippen LogP contribution < -0.4 is 10.3 Å². The van der Waals surface area contributed by atoms with Crippen molar-refractivity contribution in [3.8, 4) is 17.0 Å². The van der Waals surface area contributed by atoms with Gasteiger partial charge in [-0.3, -0.25) is 9.59 Å². The molecule has 1 aliphatic heterocycles. The number of benzene rings is 3. The number of carbonyl (C=O) groups excluding carboxylic acids is 1. The Morgan fingerprint density at radius 3 is 2.30 bits per heavy atom. The molecule has 8 heteroatoms. The van der Waals surface area contributed by atoms with E-state index in [4.69, 9.17) is 21.4 Å². The summed E-state index contributed by atoms with van der Waals surface area (Å²) >= 11 is 6.00. The van der Waals surface area contributed by atoms with E-state index in [9.17, 15) is 9.59 Å². The van der Waals surface area contributed by atoms with Crippen LogP contribution in [0.25, 0.3) is 11.3 Å². The van der Waals surface area contributed by atoms with E-state index in [1.807, 2.05) is 67.6 Å². The Morgan fingerprint density at radius 2 is 1.62 bits per heavy atom. The first-order chi connectivity index (χ1) is 17.9. The van der Waals surface area contributed by atoms with Gasteiger partial charge >= 0.3 is 0 Å². The van der Waals surface area contributed by atoms with Crippen molar-refractivity contribution in [1.82, 2.24) is 14.8 Å². The fourth-order valence-corrected chi connectivity index (χ4v) is 4.41. The number of aromatic nitrogens is 2. The van der Waals surface area contributed by atoms with Crippen LogP contribution >= 0.6 is 11.6 Å². The van der Waals surface area contributed by atoms with Crippen LogP contribution in [-0.2, 0) is 11.3 Å². The number of carbonyl (C=O) groups is 1. The summed E-state index contributed by atoms with van der Waals surface area (Å²) in [7, 11) is 1.62. The van der Waals surface area contributed by atoms with E-state index in [1.54, 1.807) is 25.3 Å². The minimum Gasteiger partial charge on any atom is -0.497 e. The zero-order valence-electron chi connectivity index (χ0n) is 20.5. The third-order valence-corrected chi connectivity index (χ3v) is 6.59. The summed E-state index contributed by atoms with van der Waals surface area (Å²) in [6.07, 6.45) is 0.550. The third-order valence-electron chi connectivity index (χ3n) is 6.34. The van der Waals surface area contributed by atoms with Crippen LogP contribution in [0, 0.1) is 6.92 Å². The molecule has 0 saturated carbocycles. The first-order valence-corrected chi connectivity index (χ1v) is 12.2. The van der Waals surface area contributed by atoms with Crippen LogP contribution in [-0.4, -0.2) is 33.5 Å². The largest absolute Gasteiger partial charge is 0.497 e. The lowest BCUT2D eigenvalue weighted by Crippen LogP contribution is -2.34. The minimum absolute atomic E-state index is 0.234. The lowest BCUT2D eigenvalue weighted by Gasteiger charge is -2.22. The number of hydrazone groups is 1. The molecule has 0 spiro atoms. The molecule has 1 amide bonds. The molecule has 0 bridgehead atoms. The van der Waals surface area contributed by atoms with Crippen molar-refractivity contribution < 1.29 is 9.53 Å². The fraction of sp³-hybridized carbons (Fsp3) is 0.172. The second kappa shape index (κ2) is 10.4. The van der Waals surface area contributed by atoms with Gasteiger partial charge in [0.1, 0.15) is 12.3 Å². The number of hydrogen-bond acceptors (Lipinski definition) is 5. The van der Waals surface area contributed by atoms with Crippen LogP contribution in [0.15, 0.2) is 94.8 Å². The van der Waals surface area contributed by atoms with Crippen LogP contribution in [0.4, 0.5) is 0 Å².